The van der Waals surface area contributed by atoms with Crippen LogP contribution in [0.4, 0.5) is 14.5 Å². The Hall–Kier alpha value is -2.35. The topological polar surface area (TPSA) is 78.2 Å². The van der Waals surface area contributed by atoms with Crippen molar-refractivity contribution in [3.63, 3.8) is 0 Å². The van der Waals surface area contributed by atoms with Gasteiger partial charge < -0.3 is 4.74 Å². The molecule has 2 aromatic rings. The minimum atomic E-state index is -1.29. The fraction of sp³-hybridized carbons (Fsp3) is 0. The van der Waals surface area contributed by atoms with E-state index in [4.69, 9.17) is 16.3 Å². The molecule has 0 unspecified atom stereocenters. The molecule has 0 saturated heterocycles. The molecule has 2 rings (SSSR count). The van der Waals surface area contributed by atoms with Gasteiger partial charge in [0.2, 0.25) is 11.1 Å². The fourth-order valence-electron chi connectivity index (χ4n) is 1.21. The first-order valence-corrected chi connectivity index (χ1v) is 5.15. The van der Waals surface area contributed by atoms with Crippen LogP contribution in [0.2, 0.25) is 5.28 Å². The fourth-order valence-corrected chi connectivity index (χ4v) is 1.33. The highest BCUT2D eigenvalue weighted by Gasteiger charge is 2.21. The molecule has 9 heteroatoms. The molecule has 0 N–H and O–H groups in total. The van der Waals surface area contributed by atoms with E-state index in [1.165, 1.54) is 6.07 Å². The lowest BCUT2D eigenvalue weighted by Gasteiger charge is -2.06. The van der Waals surface area contributed by atoms with Gasteiger partial charge >= 0.3 is 11.6 Å². The summed E-state index contributed by atoms with van der Waals surface area (Å²) >= 11 is 5.47. The zero-order chi connectivity index (χ0) is 14.0. The summed E-state index contributed by atoms with van der Waals surface area (Å²) in [6.07, 6.45) is 0.807. The lowest BCUT2D eigenvalue weighted by atomic mass is 10.3. The molecule has 0 amide bonds. The summed E-state index contributed by atoms with van der Waals surface area (Å²) in [7, 11) is 0. The van der Waals surface area contributed by atoms with Crippen molar-refractivity contribution in [3.05, 3.63) is 51.4 Å². The minimum absolute atomic E-state index is 0.322. The molecule has 0 spiro atoms. The quantitative estimate of drug-likeness (QED) is 0.492. The van der Waals surface area contributed by atoms with Crippen LogP contribution in [0.3, 0.4) is 0 Å². The van der Waals surface area contributed by atoms with Crippen molar-refractivity contribution in [2.24, 2.45) is 0 Å². The molecule has 1 aromatic carbocycles. The highest BCUT2D eigenvalue weighted by Crippen LogP contribution is 2.31. The second-order valence-electron chi connectivity index (χ2n) is 3.24. The molecule has 19 heavy (non-hydrogen) atoms. The molecule has 0 aliphatic rings. The number of nitrogens with zero attached hydrogens (tertiary/aromatic N) is 3. The predicted octanol–water partition coefficient (Wildman–Crippen LogP) is 3.11. The number of aromatic nitrogens is 2. The van der Waals surface area contributed by atoms with Crippen LogP contribution >= 0.6 is 11.6 Å². The van der Waals surface area contributed by atoms with Crippen LogP contribution in [0.15, 0.2) is 24.4 Å². The Morgan fingerprint density at radius 2 is 2.11 bits per heavy atom. The molecule has 0 aliphatic heterocycles. The Morgan fingerprint density at radius 1 is 1.37 bits per heavy atom. The van der Waals surface area contributed by atoms with E-state index < -0.39 is 33.9 Å². The summed E-state index contributed by atoms with van der Waals surface area (Å²) in [5.41, 5.74) is -0.618. The smallest absolute Gasteiger partial charge is 0.349 e. The van der Waals surface area contributed by atoms with Gasteiger partial charge in [0.1, 0.15) is 6.20 Å². The van der Waals surface area contributed by atoms with Crippen molar-refractivity contribution in [3.8, 4) is 11.6 Å². The van der Waals surface area contributed by atoms with Crippen molar-refractivity contribution in [2.45, 2.75) is 0 Å². The van der Waals surface area contributed by atoms with Crippen LogP contribution in [0, 0.1) is 21.7 Å². The number of benzene rings is 1. The number of hydrogen-bond donors (Lipinski definition) is 0. The lowest BCUT2D eigenvalue weighted by Crippen LogP contribution is -1.99. The van der Waals surface area contributed by atoms with Crippen LogP contribution in [-0.4, -0.2) is 14.9 Å². The zero-order valence-electron chi connectivity index (χ0n) is 9.01. The maximum absolute atomic E-state index is 13.4. The minimum Gasteiger partial charge on any atom is -0.430 e. The molecular weight excluding hydrogens is 284 g/mol. The first-order chi connectivity index (χ1) is 8.99. The van der Waals surface area contributed by atoms with Gasteiger partial charge in [0.05, 0.1) is 4.92 Å². The number of ether oxygens (including phenoxy) is 1. The van der Waals surface area contributed by atoms with Crippen LogP contribution in [0.25, 0.3) is 0 Å². The van der Waals surface area contributed by atoms with Crippen molar-refractivity contribution in [1.82, 2.24) is 9.97 Å². The average Bonchev–Trinajstić information content (AvgIpc) is 2.35. The monoisotopic (exact) mass is 287 g/mol. The van der Waals surface area contributed by atoms with Crippen LogP contribution in [0.1, 0.15) is 0 Å². The predicted molar refractivity (Wildman–Crippen MR) is 60.1 cm³/mol. The van der Waals surface area contributed by atoms with Crippen molar-refractivity contribution in [2.75, 3.05) is 0 Å². The van der Waals surface area contributed by atoms with Gasteiger partial charge in [-0.25, -0.2) is 9.37 Å². The number of hydrogen-bond acceptors (Lipinski definition) is 5. The van der Waals surface area contributed by atoms with Crippen LogP contribution in [-0.2, 0) is 0 Å². The molecule has 0 atom stereocenters. The maximum Gasteiger partial charge on any atom is 0.349 e. The standard InChI is InChI=1S/C10H4ClF2N3O3/c11-10-14-4-6(16(17)18)9(15-10)19-7-3-1-2-5(12)8(7)13/h1-4H. The van der Waals surface area contributed by atoms with Crippen molar-refractivity contribution < 1.29 is 18.4 Å². The molecular formula is C10H4ClF2N3O3. The highest BCUT2D eigenvalue weighted by atomic mass is 35.5. The number of halogens is 3. The van der Waals surface area contributed by atoms with Gasteiger partial charge in [-0.15, -0.1) is 0 Å². The van der Waals surface area contributed by atoms with Gasteiger partial charge in [-0.2, -0.15) is 9.37 Å². The lowest BCUT2D eigenvalue weighted by molar-refractivity contribution is -0.386. The third kappa shape index (κ3) is 2.74. The Labute approximate surface area is 109 Å². The number of rotatable bonds is 3. The van der Waals surface area contributed by atoms with E-state index in [9.17, 15) is 18.9 Å². The molecule has 0 fully saturated rings. The molecule has 1 heterocycles. The Kier molecular flexibility index (Phi) is 3.52. The molecule has 6 nitrogen and oxygen atoms in total. The summed E-state index contributed by atoms with van der Waals surface area (Å²) in [5.74, 6) is -3.56. The van der Waals surface area contributed by atoms with E-state index in [0.29, 0.717) is 0 Å². The van der Waals surface area contributed by atoms with Crippen molar-refractivity contribution in [1.29, 1.82) is 0 Å². The summed E-state index contributed by atoms with van der Waals surface area (Å²) in [5, 5.41) is 10.4. The largest absolute Gasteiger partial charge is 0.430 e. The van der Waals surface area contributed by atoms with Gasteiger partial charge in [-0.3, -0.25) is 10.1 Å². The Balaban J connectivity index is 2.45. The van der Waals surface area contributed by atoms with Crippen LogP contribution < -0.4 is 4.74 Å². The normalized spacial score (nSPS) is 10.3. The first kappa shape index (κ1) is 13.1. The van der Waals surface area contributed by atoms with E-state index in [2.05, 4.69) is 9.97 Å². The van der Waals surface area contributed by atoms with Gasteiger partial charge in [-0.05, 0) is 23.7 Å². The van der Waals surface area contributed by atoms with E-state index in [1.807, 2.05) is 0 Å². The van der Waals surface area contributed by atoms with E-state index >= 15 is 0 Å². The van der Waals surface area contributed by atoms with Crippen molar-refractivity contribution >= 4 is 17.3 Å². The van der Waals surface area contributed by atoms with Gasteiger partial charge in [-0.1, -0.05) is 6.07 Å². The second-order valence-corrected chi connectivity index (χ2v) is 3.58. The third-order valence-corrected chi connectivity index (χ3v) is 2.21. The Morgan fingerprint density at radius 3 is 2.79 bits per heavy atom. The molecule has 98 valence electrons. The average molecular weight is 288 g/mol. The Bertz CT molecular complexity index is 654. The summed E-state index contributed by atoms with van der Waals surface area (Å²) in [6, 6.07) is 3.16. The van der Waals surface area contributed by atoms with E-state index in [-0.39, 0.29) is 5.28 Å². The first-order valence-electron chi connectivity index (χ1n) is 4.78. The van der Waals surface area contributed by atoms with Crippen LogP contribution in [0.5, 0.6) is 11.6 Å². The zero-order valence-corrected chi connectivity index (χ0v) is 9.77. The molecule has 0 aliphatic carbocycles. The summed E-state index contributed by atoms with van der Waals surface area (Å²) in [6.45, 7) is 0. The molecule has 1 aromatic heterocycles. The van der Waals surface area contributed by atoms with Gasteiger partial charge in [0.25, 0.3) is 0 Å². The van der Waals surface area contributed by atoms with Gasteiger partial charge in [0.15, 0.2) is 11.6 Å². The molecule has 0 radical (unpaired) electrons. The van der Waals surface area contributed by atoms with Gasteiger partial charge in [0, 0.05) is 0 Å². The molecule has 0 saturated carbocycles. The molecule has 0 bridgehead atoms. The SMILES string of the molecule is O=[N+]([O-])c1cnc(Cl)nc1Oc1cccc(F)c1F. The third-order valence-electron chi connectivity index (χ3n) is 2.03. The summed E-state index contributed by atoms with van der Waals surface area (Å²) < 4.78 is 31.2. The second kappa shape index (κ2) is 5.11. The van der Waals surface area contributed by atoms with E-state index in [1.54, 1.807) is 0 Å². The maximum atomic E-state index is 13.4. The van der Waals surface area contributed by atoms with E-state index in [0.717, 1.165) is 18.3 Å². The highest BCUT2D eigenvalue weighted by molar-refractivity contribution is 6.28. The number of nitro groups is 1. The summed E-state index contributed by atoms with van der Waals surface area (Å²) in [4.78, 5) is 16.7.